The number of benzene rings is 3. The Morgan fingerprint density at radius 1 is 1.16 bits per heavy atom. The fraction of sp³-hybridized carbons (Fsp3) is 0.257. The summed E-state index contributed by atoms with van der Waals surface area (Å²) >= 11 is 6.02. The van der Waals surface area contributed by atoms with Crippen molar-refractivity contribution in [2.24, 2.45) is 10.7 Å². The predicted molar refractivity (Wildman–Crippen MR) is 176 cm³/mol. The van der Waals surface area contributed by atoms with E-state index in [0.29, 0.717) is 6.07 Å². The third-order valence-corrected chi connectivity index (χ3v) is 9.10. The van der Waals surface area contributed by atoms with Crippen LogP contribution in [0.1, 0.15) is 52.5 Å². The summed E-state index contributed by atoms with van der Waals surface area (Å²) < 4.78 is 54.9. The standard InChI is InChI=1S/C35H31ClF3N5O5/c1-33(32(41)46)17-49-30-22(33)13-27(44-29(30)21-12-23(36)25(38)14-24(21)37)35(47,20-6-4-3-5-7-20)16-42-31(45)18-10-19(15-43-34(39)8-9-34)28(40)26(11-18)48-2/h3-7,10-15,47H,8-9,16-17,40H2,1-2H3,(H2,41,46)(H,42,45)/b43-15+/t33-,35+/m0/s1. The summed E-state index contributed by atoms with van der Waals surface area (Å²) in [5.41, 5.74) is 8.77. The molecule has 1 saturated carbocycles. The molecule has 0 bridgehead atoms. The molecule has 0 saturated heterocycles. The van der Waals surface area contributed by atoms with Crippen molar-refractivity contribution in [3.8, 4) is 22.8 Å². The molecule has 6 rings (SSSR count). The molecular weight excluding hydrogens is 663 g/mol. The highest BCUT2D eigenvalue weighted by molar-refractivity contribution is 6.31. The molecule has 2 atom stereocenters. The largest absolute Gasteiger partial charge is 0.495 e. The number of anilines is 1. The number of carbonyl (C=O) groups is 2. The van der Waals surface area contributed by atoms with Gasteiger partial charge in [0.2, 0.25) is 5.91 Å². The van der Waals surface area contributed by atoms with E-state index in [2.05, 4.69) is 15.3 Å². The number of nitrogen functional groups attached to an aromatic ring is 1. The molecule has 1 fully saturated rings. The van der Waals surface area contributed by atoms with Crippen LogP contribution in [0.15, 0.2) is 65.7 Å². The van der Waals surface area contributed by atoms with Crippen molar-refractivity contribution in [1.29, 1.82) is 0 Å². The van der Waals surface area contributed by atoms with E-state index in [-0.39, 0.29) is 75.8 Å². The van der Waals surface area contributed by atoms with Gasteiger partial charge in [-0.25, -0.2) is 18.2 Å². The second kappa shape index (κ2) is 12.4. The number of aliphatic imine (C=N–C) groups is 1. The van der Waals surface area contributed by atoms with Gasteiger partial charge in [0.25, 0.3) is 5.91 Å². The lowest BCUT2D eigenvalue weighted by Gasteiger charge is -2.30. The van der Waals surface area contributed by atoms with Crippen LogP contribution in [0.5, 0.6) is 11.5 Å². The Balaban J connectivity index is 1.46. The number of hydrogen-bond acceptors (Lipinski definition) is 8. The van der Waals surface area contributed by atoms with Crippen LogP contribution in [0.3, 0.4) is 0 Å². The first-order chi connectivity index (χ1) is 23.2. The van der Waals surface area contributed by atoms with Gasteiger partial charge >= 0.3 is 0 Å². The molecule has 4 aromatic rings. The Bertz CT molecular complexity index is 2030. The molecule has 3 aromatic carbocycles. The van der Waals surface area contributed by atoms with Crippen LogP contribution >= 0.6 is 11.6 Å². The molecule has 1 aliphatic carbocycles. The van der Waals surface area contributed by atoms with Gasteiger partial charge in [-0.1, -0.05) is 41.9 Å². The lowest BCUT2D eigenvalue weighted by atomic mass is 9.80. The topological polar surface area (TPSA) is 162 Å². The molecule has 10 nitrogen and oxygen atoms in total. The normalized spacial score (nSPS) is 18.8. The lowest BCUT2D eigenvalue weighted by molar-refractivity contribution is -0.123. The first-order valence-electron chi connectivity index (χ1n) is 15.1. The molecule has 2 amide bonds. The molecule has 0 radical (unpaired) electrons. The summed E-state index contributed by atoms with van der Waals surface area (Å²) in [6.07, 6.45) is 1.81. The summed E-state index contributed by atoms with van der Waals surface area (Å²) in [5.74, 6) is -5.00. The van der Waals surface area contributed by atoms with E-state index < -0.39 is 51.8 Å². The number of alkyl halides is 1. The van der Waals surface area contributed by atoms with Crippen molar-refractivity contribution in [3.05, 3.63) is 105 Å². The molecule has 2 heterocycles. The van der Waals surface area contributed by atoms with Gasteiger partial charge in [-0.2, -0.15) is 0 Å². The van der Waals surface area contributed by atoms with E-state index in [9.17, 15) is 23.5 Å². The maximum Gasteiger partial charge on any atom is 0.251 e. The Morgan fingerprint density at radius 3 is 2.53 bits per heavy atom. The zero-order valence-electron chi connectivity index (χ0n) is 26.3. The summed E-state index contributed by atoms with van der Waals surface area (Å²) in [6.45, 7) is 0.808. The first kappa shape index (κ1) is 33.7. The second-order valence-electron chi connectivity index (χ2n) is 12.2. The van der Waals surface area contributed by atoms with Crippen molar-refractivity contribution in [2.45, 2.75) is 36.6 Å². The molecule has 254 valence electrons. The van der Waals surface area contributed by atoms with Crippen molar-refractivity contribution in [1.82, 2.24) is 10.3 Å². The number of amides is 2. The van der Waals surface area contributed by atoms with Gasteiger partial charge in [0, 0.05) is 47.4 Å². The SMILES string of the molecule is COc1cc(C(=O)NC[C@@](O)(c2ccccc2)c2cc3c(c(-c4cc(Cl)c(F)cc4F)n2)OC[C@]3(C)C(N)=O)cc(/C=N/C2(F)CC2)c1N. The van der Waals surface area contributed by atoms with E-state index in [1.807, 2.05) is 0 Å². The number of fused-ring (bicyclic) bond motifs is 1. The van der Waals surface area contributed by atoms with Crippen molar-refractivity contribution >= 4 is 35.3 Å². The minimum Gasteiger partial charge on any atom is -0.495 e. The Hall–Kier alpha value is -5.14. The van der Waals surface area contributed by atoms with Gasteiger partial charge in [0.1, 0.15) is 46.5 Å². The Labute approximate surface area is 283 Å². The number of pyridine rings is 1. The summed E-state index contributed by atoms with van der Waals surface area (Å²) in [4.78, 5) is 34.9. The van der Waals surface area contributed by atoms with Crippen LogP contribution in [-0.2, 0) is 15.8 Å². The quantitative estimate of drug-likeness (QED) is 0.0791. The van der Waals surface area contributed by atoms with Crippen LogP contribution in [0.25, 0.3) is 11.3 Å². The highest BCUT2D eigenvalue weighted by Crippen LogP contribution is 2.47. The predicted octanol–water partition coefficient (Wildman–Crippen LogP) is 4.95. The fourth-order valence-corrected chi connectivity index (χ4v) is 5.69. The van der Waals surface area contributed by atoms with E-state index in [1.165, 1.54) is 38.4 Å². The van der Waals surface area contributed by atoms with E-state index in [1.54, 1.807) is 30.3 Å². The maximum atomic E-state index is 15.3. The number of aliphatic hydroxyl groups is 1. The third kappa shape index (κ3) is 6.15. The van der Waals surface area contributed by atoms with Gasteiger partial charge in [-0.15, -0.1) is 0 Å². The molecule has 14 heteroatoms. The van der Waals surface area contributed by atoms with Crippen molar-refractivity contribution < 1.29 is 37.3 Å². The van der Waals surface area contributed by atoms with Gasteiger partial charge < -0.3 is 31.4 Å². The number of ether oxygens (including phenoxy) is 2. The molecule has 1 aliphatic heterocycles. The number of carbonyl (C=O) groups excluding carboxylic acids is 2. The van der Waals surface area contributed by atoms with Crippen LogP contribution in [0.4, 0.5) is 18.9 Å². The van der Waals surface area contributed by atoms with Gasteiger partial charge in [-0.3, -0.25) is 14.6 Å². The van der Waals surface area contributed by atoms with E-state index in [0.717, 1.165) is 6.07 Å². The number of rotatable bonds is 10. The number of nitrogens with two attached hydrogens (primary N) is 2. The molecule has 6 N–H and O–H groups in total. The van der Waals surface area contributed by atoms with Crippen LogP contribution in [-0.4, -0.2) is 54.2 Å². The van der Waals surface area contributed by atoms with Crippen LogP contribution in [0.2, 0.25) is 5.02 Å². The molecule has 2 aliphatic rings. The third-order valence-electron chi connectivity index (χ3n) is 8.82. The minimum atomic E-state index is -2.11. The maximum absolute atomic E-state index is 15.3. The van der Waals surface area contributed by atoms with Gasteiger partial charge in [-0.05, 0) is 36.8 Å². The summed E-state index contributed by atoms with van der Waals surface area (Å²) in [5, 5.41) is 14.8. The van der Waals surface area contributed by atoms with Crippen molar-refractivity contribution in [2.75, 3.05) is 26.0 Å². The first-order valence-corrected chi connectivity index (χ1v) is 15.5. The number of hydrogen-bond donors (Lipinski definition) is 4. The molecule has 0 spiro atoms. The number of primary amides is 1. The molecular formula is C35H31ClF3N5O5. The highest BCUT2D eigenvalue weighted by atomic mass is 35.5. The summed E-state index contributed by atoms with van der Waals surface area (Å²) in [7, 11) is 1.36. The van der Waals surface area contributed by atoms with Gasteiger partial charge in [0.15, 0.2) is 5.79 Å². The summed E-state index contributed by atoms with van der Waals surface area (Å²) in [6, 6.07) is 14.0. The molecule has 1 aromatic heterocycles. The zero-order valence-corrected chi connectivity index (χ0v) is 27.1. The monoisotopic (exact) mass is 693 g/mol. The number of nitrogens with zero attached hydrogens (tertiary/aromatic N) is 2. The lowest BCUT2D eigenvalue weighted by Crippen LogP contribution is -2.43. The smallest absolute Gasteiger partial charge is 0.251 e. The fourth-order valence-electron chi connectivity index (χ4n) is 5.52. The van der Waals surface area contributed by atoms with E-state index in [4.69, 9.17) is 32.5 Å². The molecule has 0 unspecified atom stereocenters. The number of methoxy groups -OCH3 is 1. The Morgan fingerprint density at radius 2 is 1.88 bits per heavy atom. The average Bonchev–Trinajstić information content (AvgIpc) is 3.73. The average molecular weight is 694 g/mol. The number of nitrogens with one attached hydrogen (secondary N) is 1. The second-order valence-corrected chi connectivity index (χ2v) is 12.6. The molecule has 49 heavy (non-hydrogen) atoms. The highest BCUT2D eigenvalue weighted by Gasteiger charge is 2.46. The van der Waals surface area contributed by atoms with Crippen molar-refractivity contribution in [3.63, 3.8) is 0 Å². The van der Waals surface area contributed by atoms with E-state index >= 15 is 4.39 Å². The number of halogens is 4. The zero-order chi connectivity index (χ0) is 35.3. The van der Waals surface area contributed by atoms with Crippen LogP contribution < -0.4 is 26.3 Å². The Kier molecular flexibility index (Phi) is 8.53. The minimum absolute atomic E-state index is 0.00417. The van der Waals surface area contributed by atoms with Crippen LogP contribution in [0, 0.1) is 11.6 Å². The van der Waals surface area contributed by atoms with Gasteiger partial charge in [0.05, 0.1) is 30.1 Å². The number of aromatic nitrogens is 1.